The van der Waals surface area contributed by atoms with Crippen LogP contribution >= 0.6 is 0 Å². The molecule has 1 aromatic rings. The molecule has 5 nitrogen and oxygen atoms in total. The van der Waals surface area contributed by atoms with Crippen LogP contribution in [0.2, 0.25) is 0 Å². The van der Waals surface area contributed by atoms with Gasteiger partial charge in [-0.15, -0.1) is 0 Å². The molecule has 19 heavy (non-hydrogen) atoms. The van der Waals surface area contributed by atoms with Crippen molar-refractivity contribution in [3.63, 3.8) is 0 Å². The molecule has 0 aliphatic carbocycles. The maximum absolute atomic E-state index is 12.2. The van der Waals surface area contributed by atoms with E-state index < -0.39 is 0 Å². The molecule has 0 unspecified atom stereocenters. The van der Waals surface area contributed by atoms with Crippen molar-refractivity contribution in [1.82, 2.24) is 9.80 Å². The van der Waals surface area contributed by atoms with Crippen molar-refractivity contribution >= 4 is 5.78 Å². The highest BCUT2D eigenvalue weighted by atomic mass is 16.5. The smallest absolute Gasteiger partial charge is 0.182 e. The van der Waals surface area contributed by atoms with Crippen LogP contribution in [0, 0.1) is 0 Å². The minimum atomic E-state index is 0.0390. The molecule has 0 spiro atoms. The minimum Gasteiger partial charge on any atom is -0.497 e. The van der Waals surface area contributed by atoms with Crippen LogP contribution in [0.1, 0.15) is 10.4 Å². The number of nitrogens with zero attached hydrogens (tertiary/aromatic N) is 2. The number of rotatable bonds is 5. The van der Waals surface area contributed by atoms with E-state index in [-0.39, 0.29) is 5.78 Å². The number of hydrogen-bond donors (Lipinski definition) is 0. The highest BCUT2D eigenvalue weighted by Gasteiger charge is 2.15. The second kappa shape index (κ2) is 5.65. The van der Waals surface area contributed by atoms with E-state index >= 15 is 0 Å². The first kappa shape index (κ1) is 13.3. The van der Waals surface area contributed by atoms with Gasteiger partial charge in [0.25, 0.3) is 0 Å². The Bertz CT molecular complexity index is 477. The molecule has 0 aromatic heterocycles. The van der Waals surface area contributed by atoms with Crippen LogP contribution in [0.3, 0.4) is 0 Å². The fraction of sp³-hybridized carbons (Fsp3) is 0.357. The molecular formula is C14H18N2O3. The molecule has 1 aromatic carbocycles. The number of hydrogen-bond acceptors (Lipinski definition) is 5. The SMILES string of the molecule is COc1cc(OC)cc(C(=O)CN2C=CN(C)C2)c1. The number of ketones is 1. The summed E-state index contributed by atoms with van der Waals surface area (Å²) < 4.78 is 10.3. The Morgan fingerprint density at radius 3 is 2.26 bits per heavy atom. The Labute approximate surface area is 113 Å². The Morgan fingerprint density at radius 2 is 1.79 bits per heavy atom. The van der Waals surface area contributed by atoms with Crippen LogP contribution in [0.4, 0.5) is 0 Å². The quantitative estimate of drug-likeness (QED) is 0.753. The summed E-state index contributed by atoms with van der Waals surface area (Å²) in [6.45, 7) is 1.07. The molecule has 0 amide bonds. The summed E-state index contributed by atoms with van der Waals surface area (Å²) >= 11 is 0. The summed E-state index contributed by atoms with van der Waals surface area (Å²) in [7, 11) is 5.11. The third-order valence-electron chi connectivity index (χ3n) is 2.96. The molecule has 0 saturated heterocycles. The molecule has 5 heteroatoms. The number of Topliss-reactive ketones (excluding diaryl/α,β-unsaturated/α-hetero) is 1. The maximum Gasteiger partial charge on any atom is 0.182 e. The molecule has 0 radical (unpaired) electrons. The fourth-order valence-corrected chi connectivity index (χ4v) is 1.94. The molecule has 0 bridgehead atoms. The van der Waals surface area contributed by atoms with E-state index in [1.165, 1.54) is 0 Å². The van der Waals surface area contributed by atoms with Crippen LogP contribution in [0.25, 0.3) is 0 Å². The van der Waals surface area contributed by atoms with E-state index in [2.05, 4.69) is 0 Å². The molecule has 0 fully saturated rings. The van der Waals surface area contributed by atoms with E-state index in [4.69, 9.17) is 9.47 Å². The van der Waals surface area contributed by atoms with E-state index in [0.717, 1.165) is 6.67 Å². The van der Waals surface area contributed by atoms with E-state index in [0.29, 0.717) is 23.6 Å². The molecule has 0 saturated carbocycles. The van der Waals surface area contributed by atoms with Gasteiger partial charge < -0.3 is 19.3 Å². The topological polar surface area (TPSA) is 42.0 Å². The van der Waals surface area contributed by atoms with Gasteiger partial charge in [-0.1, -0.05) is 0 Å². The predicted octanol–water partition coefficient (Wildman–Crippen LogP) is 1.56. The lowest BCUT2D eigenvalue weighted by Gasteiger charge is -2.17. The van der Waals surface area contributed by atoms with Gasteiger partial charge in [-0.25, -0.2) is 0 Å². The minimum absolute atomic E-state index is 0.0390. The highest BCUT2D eigenvalue weighted by molar-refractivity contribution is 5.98. The highest BCUT2D eigenvalue weighted by Crippen LogP contribution is 2.23. The molecule has 1 aliphatic rings. The standard InChI is InChI=1S/C14H18N2O3/c1-15-4-5-16(10-15)9-14(17)11-6-12(18-2)8-13(7-11)19-3/h4-8H,9-10H2,1-3H3. The van der Waals surface area contributed by atoms with Crippen molar-refractivity contribution in [1.29, 1.82) is 0 Å². The van der Waals surface area contributed by atoms with Gasteiger partial charge in [-0.05, 0) is 12.1 Å². The van der Waals surface area contributed by atoms with Gasteiger partial charge >= 0.3 is 0 Å². The van der Waals surface area contributed by atoms with Crippen molar-refractivity contribution in [2.75, 3.05) is 34.5 Å². The second-order valence-corrected chi connectivity index (χ2v) is 4.47. The Hall–Kier alpha value is -2.17. The predicted molar refractivity (Wildman–Crippen MR) is 72.4 cm³/mol. The zero-order valence-corrected chi connectivity index (χ0v) is 11.4. The average molecular weight is 262 g/mol. The summed E-state index contributed by atoms with van der Waals surface area (Å²) in [5.41, 5.74) is 0.596. The van der Waals surface area contributed by atoms with Crippen LogP contribution in [0.5, 0.6) is 11.5 Å². The molecular weight excluding hydrogens is 244 g/mol. The first-order valence-electron chi connectivity index (χ1n) is 6.01. The van der Waals surface area contributed by atoms with Crippen LogP contribution in [-0.2, 0) is 0 Å². The van der Waals surface area contributed by atoms with E-state index in [1.54, 1.807) is 32.4 Å². The lowest BCUT2D eigenvalue weighted by atomic mass is 10.1. The summed E-state index contributed by atoms with van der Waals surface area (Å²) in [4.78, 5) is 16.2. The van der Waals surface area contributed by atoms with Crippen LogP contribution in [-0.4, -0.2) is 50.1 Å². The number of methoxy groups -OCH3 is 2. The molecule has 0 N–H and O–H groups in total. The van der Waals surface area contributed by atoms with Crippen LogP contribution < -0.4 is 9.47 Å². The molecule has 102 valence electrons. The summed E-state index contributed by atoms with van der Waals surface area (Å²) in [5, 5.41) is 0. The van der Waals surface area contributed by atoms with Crippen molar-refractivity contribution in [3.8, 4) is 11.5 Å². The van der Waals surface area contributed by atoms with Gasteiger partial charge in [0, 0.05) is 31.1 Å². The van der Waals surface area contributed by atoms with Gasteiger partial charge in [-0.3, -0.25) is 4.79 Å². The van der Waals surface area contributed by atoms with Gasteiger partial charge in [0.15, 0.2) is 5.78 Å². The Balaban J connectivity index is 2.12. The number of ether oxygens (including phenoxy) is 2. The number of carbonyl (C=O) groups is 1. The van der Waals surface area contributed by atoms with Crippen molar-refractivity contribution < 1.29 is 14.3 Å². The molecule has 0 atom stereocenters. The lowest BCUT2D eigenvalue weighted by molar-refractivity contribution is 0.0948. The summed E-state index contributed by atoms with van der Waals surface area (Å²) in [6, 6.07) is 5.21. The first-order chi connectivity index (χ1) is 9.12. The van der Waals surface area contributed by atoms with Gasteiger partial charge in [0.05, 0.1) is 27.4 Å². The summed E-state index contributed by atoms with van der Waals surface area (Å²) in [5.74, 6) is 1.28. The van der Waals surface area contributed by atoms with Crippen molar-refractivity contribution in [2.24, 2.45) is 0 Å². The van der Waals surface area contributed by atoms with E-state index in [9.17, 15) is 4.79 Å². The van der Waals surface area contributed by atoms with E-state index in [1.807, 2.05) is 29.2 Å². The maximum atomic E-state index is 12.2. The molecule has 1 aliphatic heterocycles. The van der Waals surface area contributed by atoms with Gasteiger partial charge in [-0.2, -0.15) is 0 Å². The van der Waals surface area contributed by atoms with Gasteiger partial charge in [0.1, 0.15) is 11.5 Å². The normalized spacial score (nSPS) is 13.8. The largest absolute Gasteiger partial charge is 0.497 e. The summed E-state index contributed by atoms with van der Waals surface area (Å²) in [6.07, 6.45) is 3.86. The zero-order valence-electron chi connectivity index (χ0n) is 11.4. The molecule has 1 heterocycles. The van der Waals surface area contributed by atoms with Crippen LogP contribution in [0.15, 0.2) is 30.6 Å². The Kier molecular flexibility index (Phi) is 3.94. The Morgan fingerprint density at radius 1 is 1.16 bits per heavy atom. The van der Waals surface area contributed by atoms with Crippen molar-refractivity contribution in [2.45, 2.75) is 0 Å². The number of carbonyl (C=O) groups excluding carboxylic acids is 1. The number of benzene rings is 1. The second-order valence-electron chi connectivity index (χ2n) is 4.47. The third-order valence-corrected chi connectivity index (χ3v) is 2.96. The molecule has 2 rings (SSSR count). The third kappa shape index (κ3) is 3.19. The zero-order chi connectivity index (χ0) is 13.8. The monoisotopic (exact) mass is 262 g/mol. The average Bonchev–Trinajstić information content (AvgIpc) is 2.83. The first-order valence-corrected chi connectivity index (χ1v) is 6.01. The fourth-order valence-electron chi connectivity index (χ4n) is 1.94. The van der Waals surface area contributed by atoms with Crippen molar-refractivity contribution in [3.05, 3.63) is 36.2 Å². The van der Waals surface area contributed by atoms with Gasteiger partial charge in [0.2, 0.25) is 0 Å². The lowest BCUT2D eigenvalue weighted by Crippen LogP contribution is -2.28.